The van der Waals surface area contributed by atoms with E-state index in [-0.39, 0.29) is 0 Å². The van der Waals surface area contributed by atoms with Crippen molar-refractivity contribution in [3.05, 3.63) is 52.6 Å². The molecular weight excluding hydrogens is 266 g/mol. The molecule has 0 bridgehead atoms. The molecule has 0 atom stereocenters. The summed E-state index contributed by atoms with van der Waals surface area (Å²) in [6, 6.07) is 13.2. The molecule has 2 rings (SSSR count). The van der Waals surface area contributed by atoms with Gasteiger partial charge in [0.05, 0.1) is 11.6 Å². The van der Waals surface area contributed by atoms with Crippen LogP contribution >= 0.6 is 15.9 Å². The van der Waals surface area contributed by atoms with Crippen LogP contribution in [0.5, 0.6) is 0 Å². The van der Waals surface area contributed by atoms with Gasteiger partial charge >= 0.3 is 0 Å². The summed E-state index contributed by atoms with van der Waals surface area (Å²) in [6.07, 6.45) is 1.71. The van der Waals surface area contributed by atoms with Crippen LogP contribution in [0, 0.1) is 11.3 Å². The van der Waals surface area contributed by atoms with E-state index in [2.05, 4.69) is 32.3 Å². The summed E-state index contributed by atoms with van der Waals surface area (Å²) in [5.74, 6) is 0.754. The number of nitriles is 1. The lowest BCUT2D eigenvalue weighted by Gasteiger charge is -2.05. The van der Waals surface area contributed by atoms with E-state index in [4.69, 9.17) is 5.26 Å². The number of aromatic nitrogens is 1. The van der Waals surface area contributed by atoms with E-state index in [0.717, 1.165) is 16.0 Å². The summed E-state index contributed by atoms with van der Waals surface area (Å²) in [6.45, 7) is 0. The zero-order chi connectivity index (χ0) is 11.4. The highest BCUT2D eigenvalue weighted by Gasteiger charge is 1.99. The third-order valence-corrected chi connectivity index (χ3v) is 2.42. The number of hydrogen-bond acceptors (Lipinski definition) is 3. The van der Waals surface area contributed by atoms with Crippen LogP contribution in [-0.2, 0) is 0 Å². The lowest BCUT2D eigenvalue weighted by atomic mass is 10.2. The highest BCUT2D eigenvalue weighted by atomic mass is 79.9. The van der Waals surface area contributed by atoms with Gasteiger partial charge in [0, 0.05) is 16.4 Å². The van der Waals surface area contributed by atoms with E-state index in [1.54, 1.807) is 18.3 Å². The van der Waals surface area contributed by atoms with Crippen molar-refractivity contribution in [2.24, 2.45) is 0 Å². The van der Waals surface area contributed by atoms with Crippen LogP contribution in [0.4, 0.5) is 11.5 Å². The van der Waals surface area contributed by atoms with Crippen molar-refractivity contribution in [3.8, 4) is 6.07 Å². The lowest BCUT2D eigenvalue weighted by molar-refractivity contribution is 1.31. The van der Waals surface area contributed by atoms with E-state index in [1.165, 1.54) is 0 Å². The molecule has 0 saturated heterocycles. The maximum Gasteiger partial charge on any atom is 0.130 e. The number of benzene rings is 1. The molecule has 0 aliphatic heterocycles. The van der Waals surface area contributed by atoms with Crippen LogP contribution in [0.15, 0.2) is 47.1 Å². The molecule has 1 aromatic heterocycles. The first-order chi connectivity index (χ1) is 7.78. The first-order valence-electron chi connectivity index (χ1n) is 4.67. The predicted octanol–water partition coefficient (Wildman–Crippen LogP) is 3.46. The number of rotatable bonds is 2. The first kappa shape index (κ1) is 10.7. The monoisotopic (exact) mass is 273 g/mol. The maximum atomic E-state index is 8.84. The van der Waals surface area contributed by atoms with E-state index in [1.807, 2.05) is 24.3 Å². The Kier molecular flexibility index (Phi) is 3.18. The van der Waals surface area contributed by atoms with Crippen LogP contribution < -0.4 is 5.32 Å². The number of halogens is 1. The van der Waals surface area contributed by atoms with E-state index >= 15 is 0 Å². The molecule has 0 saturated carbocycles. The molecule has 2 aromatic rings. The summed E-state index contributed by atoms with van der Waals surface area (Å²) >= 11 is 3.36. The minimum absolute atomic E-state index is 0.604. The molecule has 1 heterocycles. The van der Waals surface area contributed by atoms with Crippen molar-refractivity contribution in [2.45, 2.75) is 0 Å². The average Bonchev–Trinajstić information content (AvgIpc) is 2.29. The normalized spacial score (nSPS) is 9.50. The molecule has 0 amide bonds. The molecule has 0 aliphatic carbocycles. The minimum Gasteiger partial charge on any atom is -0.340 e. The fraction of sp³-hybridized carbons (Fsp3) is 0. The second-order valence-electron chi connectivity index (χ2n) is 3.18. The summed E-state index contributed by atoms with van der Waals surface area (Å²) in [5, 5.41) is 12.0. The molecule has 78 valence electrons. The first-order valence-corrected chi connectivity index (χ1v) is 5.46. The predicted molar refractivity (Wildman–Crippen MR) is 66.4 cm³/mol. The van der Waals surface area contributed by atoms with Crippen molar-refractivity contribution >= 4 is 27.4 Å². The van der Waals surface area contributed by atoms with Gasteiger partial charge in [-0.25, -0.2) is 4.98 Å². The quantitative estimate of drug-likeness (QED) is 0.912. The number of nitrogens with zero attached hydrogens (tertiary/aromatic N) is 2. The van der Waals surface area contributed by atoms with Gasteiger partial charge in [-0.05, 0) is 30.3 Å². The standard InChI is InChI=1S/C12H8BrN3/c13-10-5-9(8-14)6-11(7-10)16-12-3-1-2-4-15-12/h1-7H,(H,15,16). The van der Waals surface area contributed by atoms with Gasteiger partial charge in [0.15, 0.2) is 0 Å². The zero-order valence-electron chi connectivity index (χ0n) is 8.31. The molecule has 16 heavy (non-hydrogen) atoms. The Labute approximate surface area is 102 Å². The van der Waals surface area contributed by atoms with Crippen LogP contribution in [0.2, 0.25) is 0 Å². The highest BCUT2D eigenvalue weighted by Crippen LogP contribution is 2.21. The van der Waals surface area contributed by atoms with Gasteiger partial charge in [-0.3, -0.25) is 0 Å². The lowest BCUT2D eigenvalue weighted by Crippen LogP contribution is -1.93. The number of anilines is 2. The Balaban J connectivity index is 2.29. The summed E-state index contributed by atoms with van der Waals surface area (Å²) in [7, 11) is 0. The molecule has 0 radical (unpaired) electrons. The highest BCUT2D eigenvalue weighted by molar-refractivity contribution is 9.10. The SMILES string of the molecule is N#Cc1cc(Br)cc(Nc2ccccn2)c1. The van der Waals surface area contributed by atoms with Crippen LogP contribution in [0.1, 0.15) is 5.56 Å². The van der Waals surface area contributed by atoms with Gasteiger partial charge in [0.1, 0.15) is 5.82 Å². The third kappa shape index (κ3) is 2.59. The van der Waals surface area contributed by atoms with Gasteiger partial charge in [0.2, 0.25) is 0 Å². The van der Waals surface area contributed by atoms with E-state index in [0.29, 0.717) is 5.56 Å². The molecule has 3 nitrogen and oxygen atoms in total. The Hall–Kier alpha value is -1.86. The molecule has 0 fully saturated rings. The second-order valence-corrected chi connectivity index (χ2v) is 4.10. The van der Waals surface area contributed by atoms with E-state index in [9.17, 15) is 0 Å². The topological polar surface area (TPSA) is 48.7 Å². The second kappa shape index (κ2) is 4.77. The van der Waals surface area contributed by atoms with Crippen molar-refractivity contribution in [3.63, 3.8) is 0 Å². The number of hydrogen-bond donors (Lipinski definition) is 1. The van der Waals surface area contributed by atoms with Crippen molar-refractivity contribution in [1.82, 2.24) is 4.98 Å². The van der Waals surface area contributed by atoms with Crippen LogP contribution in [-0.4, -0.2) is 4.98 Å². The third-order valence-electron chi connectivity index (χ3n) is 1.96. The van der Waals surface area contributed by atoms with E-state index < -0.39 is 0 Å². The van der Waals surface area contributed by atoms with Gasteiger partial charge in [-0.15, -0.1) is 0 Å². The summed E-state index contributed by atoms with van der Waals surface area (Å²) in [4.78, 5) is 4.15. The van der Waals surface area contributed by atoms with Gasteiger partial charge < -0.3 is 5.32 Å². The molecule has 0 unspecified atom stereocenters. The fourth-order valence-electron chi connectivity index (χ4n) is 1.31. The molecule has 0 spiro atoms. The zero-order valence-corrected chi connectivity index (χ0v) is 9.90. The number of nitrogens with one attached hydrogen (secondary N) is 1. The minimum atomic E-state index is 0.604. The summed E-state index contributed by atoms with van der Waals surface area (Å²) in [5.41, 5.74) is 1.44. The Bertz CT molecular complexity index is 532. The average molecular weight is 274 g/mol. The largest absolute Gasteiger partial charge is 0.340 e. The Morgan fingerprint density at radius 2 is 2.12 bits per heavy atom. The van der Waals surface area contributed by atoms with Crippen molar-refractivity contribution < 1.29 is 0 Å². The van der Waals surface area contributed by atoms with Gasteiger partial charge in [-0.2, -0.15) is 5.26 Å². The van der Waals surface area contributed by atoms with Crippen molar-refractivity contribution in [1.29, 1.82) is 5.26 Å². The summed E-state index contributed by atoms with van der Waals surface area (Å²) < 4.78 is 0.866. The fourth-order valence-corrected chi connectivity index (χ4v) is 1.80. The number of pyridine rings is 1. The maximum absolute atomic E-state index is 8.84. The van der Waals surface area contributed by atoms with Crippen LogP contribution in [0.3, 0.4) is 0 Å². The Morgan fingerprint density at radius 1 is 1.25 bits per heavy atom. The van der Waals surface area contributed by atoms with Gasteiger partial charge in [0.25, 0.3) is 0 Å². The molecular formula is C12H8BrN3. The van der Waals surface area contributed by atoms with Crippen LogP contribution in [0.25, 0.3) is 0 Å². The molecule has 1 aromatic carbocycles. The Morgan fingerprint density at radius 3 is 2.81 bits per heavy atom. The van der Waals surface area contributed by atoms with Gasteiger partial charge in [-0.1, -0.05) is 22.0 Å². The molecule has 0 aliphatic rings. The van der Waals surface area contributed by atoms with Crippen molar-refractivity contribution in [2.75, 3.05) is 5.32 Å². The smallest absolute Gasteiger partial charge is 0.130 e. The molecule has 1 N–H and O–H groups in total. The molecule has 4 heteroatoms.